The Morgan fingerprint density at radius 3 is 2.52 bits per heavy atom. The second-order valence-electron chi connectivity index (χ2n) is 6.42. The average molecular weight is 346 g/mol. The molecule has 1 fully saturated rings. The van der Waals surface area contributed by atoms with Crippen molar-refractivity contribution in [2.45, 2.75) is 37.2 Å². The lowest BCUT2D eigenvalue weighted by atomic mass is 9.77. The number of aromatic nitrogens is 1. The van der Waals surface area contributed by atoms with Crippen LogP contribution in [0.1, 0.15) is 42.9 Å². The number of aliphatic hydroxyl groups excluding tert-OH is 1. The van der Waals surface area contributed by atoms with E-state index in [0.717, 1.165) is 18.9 Å². The van der Waals surface area contributed by atoms with Gasteiger partial charge in [0, 0.05) is 30.6 Å². The summed E-state index contributed by atoms with van der Waals surface area (Å²) in [4.78, 5) is 16.7. The van der Waals surface area contributed by atoms with E-state index in [4.69, 9.17) is 0 Å². The molecule has 0 spiro atoms. The van der Waals surface area contributed by atoms with Gasteiger partial charge >= 0.3 is 0 Å². The molecule has 1 saturated carbocycles. The van der Waals surface area contributed by atoms with Crippen molar-refractivity contribution in [2.75, 3.05) is 6.54 Å². The lowest BCUT2D eigenvalue weighted by Crippen LogP contribution is -2.44. The molecule has 25 heavy (non-hydrogen) atoms. The molecule has 132 valence electrons. The summed E-state index contributed by atoms with van der Waals surface area (Å²) >= 11 is 0. The Morgan fingerprint density at radius 1 is 1.20 bits per heavy atom. The summed E-state index contributed by atoms with van der Waals surface area (Å²) in [7, 11) is 0. The van der Waals surface area contributed by atoms with E-state index >= 15 is 0 Å². The van der Waals surface area contributed by atoms with Crippen LogP contribution in [-0.4, -0.2) is 22.5 Å². The maximum Gasteiger partial charge on any atom is 0.230 e. The molecule has 1 amide bonds. The first-order valence-electron chi connectivity index (χ1n) is 8.35. The van der Waals surface area contributed by atoms with E-state index in [9.17, 15) is 18.7 Å². The summed E-state index contributed by atoms with van der Waals surface area (Å²) in [5.74, 6) is -1.70. The molecular weight excluding hydrogens is 326 g/mol. The standard InChI is InChI=1S/C19H20F2N2O2/c20-14-3-4-15(16(21)11-14)19(7-1-2-8-19)18(25)23-12-17(24)13-5-9-22-10-6-13/h3-6,9-11,17,24H,1-2,7-8,12H2,(H,23,25)/t17-/m1/s1. The largest absolute Gasteiger partial charge is 0.387 e. The first kappa shape index (κ1) is 17.5. The maximum absolute atomic E-state index is 14.3. The number of nitrogens with one attached hydrogen (secondary N) is 1. The van der Waals surface area contributed by atoms with E-state index < -0.39 is 23.2 Å². The van der Waals surface area contributed by atoms with Gasteiger partial charge in [-0.1, -0.05) is 18.9 Å². The number of aliphatic hydroxyl groups is 1. The molecule has 4 nitrogen and oxygen atoms in total. The molecule has 1 aliphatic carbocycles. The molecule has 0 bridgehead atoms. The molecule has 1 heterocycles. The SMILES string of the molecule is O=C(NC[C@@H](O)c1ccncc1)C1(c2ccc(F)cc2F)CCCC1. The van der Waals surface area contributed by atoms with Crippen LogP contribution in [0, 0.1) is 11.6 Å². The van der Waals surface area contributed by atoms with E-state index in [0.29, 0.717) is 18.4 Å². The van der Waals surface area contributed by atoms with Crippen molar-refractivity contribution in [3.63, 3.8) is 0 Å². The fourth-order valence-corrected chi connectivity index (χ4v) is 3.54. The molecule has 0 radical (unpaired) electrons. The minimum Gasteiger partial charge on any atom is -0.387 e. The average Bonchev–Trinajstić information content (AvgIpc) is 3.11. The van der Waals surface area contributed by atoms with Crippen molar-refractivity contribution in [1.29, 1.82) is 0 Å². The maximum atomic E-state index is 14.3. The molecule has 3 rings (SSSR count). The van der Waals surface area contributed by atoms with Gasteiger partial charge in [0.05, 0.1) is 11.5 Å². The molecule has 0 saturated heterocycles. The minimum absolute atomic E-state index is 0.0212. The van der Waals surface area contributed by atoms with Gasteiger partial charge in [0.2, 0.25) is 5.91 Å². The van der Waals surface area contributed by atoms with E-state index in [1.54, 1.807) is 24.5 Å². The molecule has 1 aromatic heterocycles. The van der Waals surface area contributed by atoms with Crippen LogP contribution in [0.4, 0.5) is 8.78 Å². The second-order valence-corrected chi connectivity index (χ2v) is 6.42. The van der Waals surface area contributed by atoms with Gasteiger partial charge in [0.25, 0.3) is 0 Å². The fraction of sp³-hybridized carbons (Fsp3) is 0.368. The van der Waals surface area contributed by atoms with Gasteiger partial charge in [-0.05, 0) is 36.6 Å². The number of carbonyl (C=O) groups is 1. The quantitative estimate of drug-likeness (QED) is 0.875. The smallest absolute Gasteiger partial charge is 0.230 e. The second kappa shape index (κ2) is 7.27. The third kappa shape index (κ3) is 3.54. The summed E-state index contributed by atoms with van der Waals surface area (Å²) in [5, 5.41) is 12.9. The van der Waals surface area contributed by atoms with Crippen molar-refractivity contribution in [3.8, 4) is 0 Å². The highest BCUT2D eigenvalue weighted by molar-refractivity contribution is 5.88. The lowest BCUT2D eigenvalue weighted by Gasteiger charge is -2.29. The van der Waals surface area contributed by atoms with E-state index in [2.05, 4.69) is 10.3 Å². The van der Waals surface area contributed by atoms with Crippen LogP contribution < -0.4 is 5.32 Å². The van der Waals surface area contributed by atoms with E-state index in [1.807, 2.05) is 0 Å². The Kier molecular flexibility index (Phi) is 5.08. The summed E-state index contributed by atoms with van der Waals surface area (Å²) in [6.07, 6.45) is 4.87. The van der Waals surface area contributed by atoms with Crippen molar-refractivity contribution in [2.24, 2.45) is 0 Å². The number of halogens is 2. The Balaban J connectivity index is 1.77. The number of rotatable bonds is 5. The molecule has 2 N–H and O–H groups in total. The summed E-state index contributed by atoms with van der Waals surface area (Å²) in [6.45, 7) is 0.0212. The Bertz CT molecular complexity index is 746. The molecule has 2 aromatic rings. The van der Waals surface area contributed by atoms with Gasteiger partial charge in [-0.3, -0.25) is 9.78 Å². The highest BCUT2D eigenvalue weighted by Crippen LogP contribution is 2.42. The van der Waals surface area contributed by atoms with Crippen molar-refractivity contribution >= 4 is 5.91 Å². The number of pyridine rings is 1. The molecule has 6 heteroatoms. The summed E-state index contributed by atoms with van der Waals surface area (Å²) in [6, 6.07) is 6.69. The van der Waals surface area contributed by atoms with Crippen molar-refractivity contribution in [1.82, 2.24) is 10.3 Å². The van der Waals surface area contributed by atoms with Crippen molar-refractivity contribution < 1.29 is 18.7 Å². The predicted octanol–water partition coefficient (Wildman–Crippen LogP) is 3.02. The number of benzene rings is 1. The Labute approximate surface area is 144 Å². The first-order chi connectivity index (χ1) is 12.0. The molecular formula is C19H20F2N2O2. The summed E-state index contributed by atoms with van der Waals surface area (Å²) < 4.78 is 27.5. The van der Waals surface area contributed by atoms with Gasteiger partial charge in [-0.15, -0.1) is 0 Å². The zero-order valence-electron chi connectivity index (χ0n) is 13.7. The number of amides is 1. The van der Waals surface area contributed by atoms with Gasteiger partial charge < -0.3 is 10.4 Å². The predicted molar refractivity (Wildman–Crippen MR) is 88.7 cm³/mol. The van der Waals surface area contributed by atoms with Crippen LogP contribution in [0.3, 0.4) is 0 Å². The van der Waals surface area contributed by atoms with Crippen LogP contribution in [0.15, 0.2) is 42.7 Å². The third-order valence-corrected chi connectivity index (χ3v) is 4.89. The highest BCUT2D eigenvalue weighted by atomic mass is 19.1. The van der Waals surface area contributed by atoms with Crippen LogP contribution in [0.2, 0.25) is 0 Å². The van der Waals surface area contributed by atoms with E-state index in [-0.39, 0.29) is 18.0 Å². The molecule has 1 atom stereocenters. The Morgan fingerprint density at radius 2 is 1.88 bits per heavy atom. The number of hydrogen-bond acceptors (Lipinski definition) is 3. The normalized spacial score (nSPS) is 17.2. The van der Waals surface area contributed by atoms with Crippen LogP contribution in [-0.2, 0) is 10.2 Å². The van der Waals surface area contributed by atoms with E-state index in [1.165, 1.54) is 12.1 Å². The van der Waals surface area contributed by atoms with Crippen LogP contribution in [0.25, 0.3) is 0 Å². The monoisotopic (exact) mass is 346 g/mol. The van der Waals surface area contributed by atoms with Gasteiger partial charge in [-0.25, -0.2) is 8.78 Å². The summed E-state index contributed by atoms with van der Waals surface area (Å²) in [5.41, 5.74) is -0.138. The van der Waals surface area contributed by atoms with Crippen LogP contribution in [0.5, 0.6) is 0 Å². The molecule has 0 aliphatic heterocycles. The topological polar surface area (TPSA) is 62.2 Å². The lowest BCUT2D eigenvalue weighted by molar-refractivity contribution is -0.127. The fourth-order valence-electron chi connectivity index (χ4n) is 3.54. The van der Waals surface area contributed by atoms with Gasteiger partial charge in [0.1, 0.15) is 11.6 Å². The zero-order valence-corrected chi connectivity index (χ0v) is 13.7. The first-order valence-corrected chi connectivity index (χ1v) is 8.35. The van der Waals surface area contributed by atoms with Gasteiger partial charge in [0.15, 0.2) is 0 Å². The van der Waals surface area contributed by atoms with Gasteiger partial charge in [-0.2, -0.15) is 0 Å². The molecule has 1 aliphatic rings. The number of carbonyl (C=O) groups excluding carboxylic acids is 1. The molecule has 1 aromatic carbocycles. The highest BCUT2D eigenvalue weighted by Gasteiger charge is 2.44. The Hall–Kier alpha value is -2.34. The number of hydrogen-bond donors (Lipinski definition) is 2. The van der Waals surface area contributed by atoms with Crippen molar-refractivity contribution in [3.05, 3.63) is 65.5 Å². The zero-order chi connectivity index (χ0) is 17.9. The molecule has 0 unspecified atom stereocenters. The third-order valence-electron chi connectivity index (χ3n) is 4.89. The number of nitrogens with zero attached hydrogens (tertiary/aromatic N) is 1. The van der Waals surface area contributed by atoms with Crippen LogP contribution >= 0.6 is 0 Å². The minimum atomic E-state index is -1.00.